The summed E-state index contributed by atoms with van der Waals surface area (Å²) in [5.41, 5.74) is 1.13. The number of ether oxygens (including phenoxy) is 3. The largest absolute Gasteiger partial charge is 0.514 e. The van der Waals surface area contributed by atoms with Crippen molar-refractivity contribution >= 4 is 23.6 Å². The minimum atomic E-state index is -0.935. The number of carbonyl (C=O) groups excluding carboxylic acids is 2. The first kappa shape index (κ1) is 20.7. The molecule has 2 aromatic rings. The SMILES string of the molecule is CCCCOC(=O)Nc1ccc(COC(=O)Oc2ccc([N+](=O)[O-])cc2)cc1. The third-order valence-electron chi connectivity index (χ3n) is 3.54. The lowest BCUT2D eigenvalue weighted by atomic mass is 10.2. The van der Waals surface area contributed by atoms with Crippen LogP contribution in [0.3, 0.4) is 0 Å². The maximum absolute atomic E-state index is 11.7. The average molecular weight is 388 g/mol. The van der Waals surface area contributed by atoms with Crippen LogP contribution in [0, 0.1) is 10.1 Å². The van der Waals surface area contributed by atoms with Crippen molar-refractivity contribution < 1.29 is 28.7 Å². The van der Waals surface area contributed by atoms with Crippen LogP contribution < -0.4 is 10.1 Å². The summed E-state index contributed by atoms with van der Waals surface area (Å²) in [5.74, 6) is 0.136. The average Bonchev–Trinajstić information content (AvgIpc) is 2.68. The number of nitrogens with zero attached hydrogens (tertiary/aromatic N) is 1. The van der Waals surface area contributed by atoms with E-state index in [1.807, 2.05) is 6.92 Å². The van der Waals surface area contributed by atoms with Crippen molar-refractivity contribution in [3.63, 3.8) is 0 Å². The highest BCUT2D eigenvalue weighted by Gasteiger charge is 2.10. The van der Waals surface area contributed by atoms with Crippen LogP contribution in [-0.2, 0) is 16.1 Å². The molecule has 2 rings (SSSR count). The van der Waals surface area contributed by atoms with E-state index in [1.54, 1.807) is 24.3 Å². The van der Waals surface area contributed by atoms with E-state index in [0.717, 1.165) is 12.8 Å². The Morgan fingerprint density at radius 2 is 1.71 bits per heavy atom. The molecule has 0 saturated carbocycles. The van der Waals surface area contributed by atoms with E-state index >= 15 is 0 Å². The van der Waals surface area contributed by atoms with Crippen LogP contribution in [0.25, 0.3) is 0 Å². The van der Waals surface area contributed by atoms with E-state index in [-0.39, 0.29) is 18.0 Å². The van der Waals surface area contributed by atoms with Gasteiger partial charge in [-0.1, -0.05) is 25.5 Å². The molecule has 148 valence electrons. The number of benzene rings is 2. The summed E-state index contributed by atoms with van der Waals surface area (Å²) in [6.07, 6.45) is 0.286. The first-order valence-corrected chi connectivity index (χ1v) is 8.59. The highest BCUT2D eigenvalue weighted by atomic mass is 16.7. The van der Waals surface area contributed by atoms with Gasteiger partial charge in [0.2, 0.25) is 0 Å². The van der Waals surface area contributed by atoms with Crippen LogP contribution in [0.1, 0.15) is 25.3 Å². The molecule has 0 saturated heterocycles. The normalized spacial score (nSPS) is 10.0. The Labute approximate surface area is 161 Å². The van der Waals surface area contributed by atoms with Crippen molar-refractivity contribution in [2.45, 2.75) is 26.4 Å². The van der Waals surface area contributed by atoms with E-state index in [4.69, 9.17) is 14.2 Å². The van der Waals surface area contributed by atoms with Gasteiger partial charge in [-0.3, -0.25) is 15.4 Å². The van der Waals surface area contributed by atoms with Gasteiger partial charge < -0.3 is 14.2 Å². The molecule has 0 aliphatic rings. The van der Waals surface area contributed by atoms with E-state index in [2.05, 4.69) is 5.32 Å². The van der Waals surface area contributed by atoms with Gasteiger partial charge in [-0.2, -0.15) is 0 Å². The highest BCUT2D eigenvalue weighted by molar-refractivity contribution is 5.84. The number of carbonyl (C=O) groups is 2. The van der Waals surface area contributed by atoms with Crippen LogP contribution in [-0.4, -0.2) is 23.8 Å². The summed E-state index contributed by atoms with van der Waals surface area (Å²) in [5, 5.41) is 13.2. The lowest BCUT2D eigenvalue weighted by Gasteiger charge is -2.08. The predicted octanol–water partition coefficient (Wildman–Crippen LogP) is 4.66. The number of unbranched alkanes of at least 4 members (excludes halogenated alkanes) is 1. The molecular weight excluding hydrogens is 368 g/mol. The monoisotopic (exact) mass is 388 g/mol. The van der Waals surface area contributed by atoms with Crippen molar-refractivity contribution in [1.82, 2.24) is 0 Å². The van der Waals surface area contributed by atoms with E-state index in [0.29, 0.717) is 17.9 Å². The quantitative estimate of drug-likeness (QED) is 0.230. The van der Waals surface area contributed by atoms with Crippen molar-refractivity contribution in [2.24, 2.45) is 0 Å². The Morgan fingerprint density at radius 3 is 2.32 bits per heavy atom. The number of hydrogen-bond acceptors (Lipinski definition) is 7. The fourth-order valence-electron chi connectivity index (χ4n) is 2.05. The molecule has 0 aromatic heterocycles. The van der Waals surface area contributed by atoms with Gasteiger partial charge in [-0.05, 0) is 36.2 Å². The number of nitro benzene ring substituents is 1. The Hall–Kier alpha value is -3.62. The molecule has 0 aliphatic carbocycles. The Morgan fingerprint density at radius 1 is 1.04 bits per heavy atom. The number of rotatable bonds is 8. The predicted molar refractivity (Wildman–Crippen MR) is 100 cm³/mol. The zero-order chi connectivity index (χ0) is 20.4. The first-order chi connectivity index (χ1) is 13.5. The minimum absolute atomic E-state index is 0.0347. The standard InChI is InChI=1S/C19H20N2O7/c1-2-3-12-26-18(22)20-15-6-4-14(5-7-15)13-27-19(23)28-17-10-8-16(9-11-17)21(24)25/h4-11H,2-3,12-13H2,1H3,(H,20,22). The van der Waals surface area contributed by atoms with Crippen molar-refractivity contribution in [3.05, 3.63) is 64.2 Å². The second-order valence-electron chi connectivity index (χ2n) is 5.70. The number of amides is 1. The van der Waals surface area contributed by atoms with Crippen LogP contribution >= 0.6 is 0 Å². The van der Waals surface area contributed by atoms with Gasteiger partial charge in [0.15, 0.2) is 0 Å². The Kier molecular flexibility index (Phi) is 7.77. The van der Waals surface area contributed by atoms with Crippen LogP contribution in [0.5, 0.6) is 5.75 Å². The molecule has 1 amide bonds. The van der Waals surface area contributed by atoms with E-state index < -0.39 is 17.2 Å². The third kappa shape index (κ3) is 6.94. The molecule has 0 spiro atoms. The molecule has 0 fully saturated rings. The molecule has 0 bridgehead atoms. The molecule has 2 aromatic carbocycles. The summed E-state index contributed by atoms with van der Waals surface area (Å²) < 4.78 is 14.9. The van der Waals surface area contributed by atoms with Crippen molar-refractivity contribution in [1.29, 1.82) is 0 Å². The highest BCUT2D eigenvalue weighted by Crippen LogP contribution is 2.18. The van der Waals surface area contributed by atoms with Crippen LogP contribution in [0.2, 0.25) is 0 Å². The van der Waals surface area contributed by atoms with Crippen molar-refractivity contribution in [2.75, 3.05) is 11.9 Å². The van der Waals surface area contributed by atoms with Gasteiger partial charge in [-0.15, -0.1) is 0 Å². The molecule has 0 radical (unpaired) electrons. The summed E-state index contributed by atoms with van der Waals surface area (Å²) in [6, 6.07) is 11.7. The molecule has 1 N–H and O–H groups in total. The molecule has 0 heterocycles. The summed E-state index contributed by atoms with van der Waals surface area (Å²) in [6.45, 7) is 2.34. The minimum Gasteiger partial charge on any atom is -0.449 e. The Bertz CT molecular complexity index is 804. The summed E-state index contributed by atoms with van der Waals surface area (Å²) in [4.78, 5) is 33.3. The molecule has 0 atom stereocenters. The summed E-state index contributed by atoms with van der Waals surface area (Å²) in [7, 11) is 0. The summed E-state index contributed by atoms with van der Waals surface area (Å²) >= 11 is 0. The van der Waals surface area contributed by atoms with Gasteiger partial charge in [0.1, 0.15) is 12.4 Å². The fraction of sp³-hybridized carbons (Fsp3) is 0.263. The van der Waals surface area contributed by atoms with E-state index in [1.165, 1.54) is 24.3 Å². The number of non-ortho nitro benzene ring substituents is 1. The number of anilines is 1. The number of hydrogen-bond donors (Lipinski definition) is 1. The van der Waals surface area contributed by atoms with Crippen LogP contribution in [0.4, 0.5) is 21.0 Å². The fourth-order valence-corrected chi connectivity index (χ4v) is 2.05. The molecule has 28 heavy (non-hydrogen) atoms. The van der Waals surface area contributed by atoms with Crippen molar-refractivity contribution in [3.8, 4) is 5.75 Å². The second-order valence-corrected chi connectivity index (χ2v) is 5.70. The number of nitrogens with one attached hydrogen (secondary N) is 1. The lowest BCUT2D eigenvalue weighted by Crippen LogP contribution is -2.14. The third-order valence-corrected chi connectivity index (χ3v) is 3.54. The molecule has 9 nitrogen and oxygen atoms in total. The van der Waals surface area contributed by atoms with Gasteiger partial charge in [-0.25, -0.2) is 9.59 Å². The molecule has 0 aliphatic heterocycles. The Balaban J connectivity index is 1.76. The topological polar surface area (TPSA) is 117 Å². The molecular formula is C19H20N2O7. The first-order valence-electron chi connectivity index (χ1n) is 8.59. The molecule has 9 heteroatoms. The maximum Gasteiger partial charge on any atom is 0.514 e. The van der Waals surface area contributed by atoms with Gasteiger partial charge in [0, 0.05) is 17.8 Å². The zero-order valence-electron chi connectivity index (χ0n) is 15.3. The van der Waals surface area contributed by atoms with E-state index in [9.17, 15) is 19.7 Å². The second kappa shape index (κ2) is 10.5. The zero-order valence-corrected chi connectivity index (χ0v) is 15.3. The maximum atomic E-state index is 11.7. The van der Waals surface area contributed by atoms with Gasteiger partial charge in [0.05, 0.1) is 11.5 Å². The van der Waals surface area contributed by atoms with Gasteiger partial charge >= 0.3 is 12.2 Å². The van der Waals surface area contributed by atoms with Gasteiger partial charge in [0.25, 0.3) is 5.69 Å². The number of nitro groups is 1. The lowest BCUT2D eigenvalue weighted by molar-refractivity contribution is -0.384. The smallest absolute Gasteiger partial charge is 0.449 e. The van der Waals surface area contributed by atoms with Crippen LogP contribution in [0.15, 0.2) is 48.5 Å². The molecule has 0 unspecified atom stereocenters.